The SMILES string of the molecule is O=C(NCC1CCN(S(=O)(=O)c2cccnc2)CC1)c1ccccc1F. The van der Waals surface area contributed by atoms with Crippen molar-refractivity contribution >= 4 is 15.9 Å². The van der Waals surface area contributed by atoms with Crippen LogP contribution in [0, 0.1) is 11.7 Å². The molecule has 1 N–H and O–H groups in total. The molecular formula is C18H20FN3O3S. The minimum Gasteiger partial charge on any atom is -0.352 e. The van der Waals surface area contributed by atoms with Gasteiger partial charge in [0.15, 0.2) is 0 Å². The lowest BCUT2D eigenvalue weighted by Gasteiger charge is -2.31. The fraction of sp³-hybridized carbons (Fsp3) is 0.333. The number of benzene rings is 1. The summed E-state index contributed by atoms with van der Waals surface area (Å²) in [5.41, 5.74) is 0.0177. The second-order valence-electron chi connectivity index (χ2n) is 6.23. The Bertz CT molecular complexity index is 866. The molecular weight excluding hydrogens is 357 g/mol. The second kappa shape index (κ2) is 7.92. The van der Waals surface area contributed by atoms with Gasteiger partial charge in [-0.05, 0) is 43.0 Å². The highest BCUT2D eigenvalue weighted by atomic mass is 32.2. The van der Waals surface area contributed by atoms with Crippen LogP contribution >= 0.6 is 0 Å². The molecule has 0 bridgehead atoms. The number of hydrogen-bond donors (Lipinski definition) is 1. The number of sulfonamides is 1. The monoisotopic (exact) mass is 377 g/mol. The molecule has 26 heavy (non-hydrogen) atoms. The highest BCUT2D eigenvalue weighted by Crippen LogP contribution is 2.23. The lowest BCUT2D eigenvalue weighted by Crippen LogP contribution is -2.41. The molecule has 2 heterocycles. The van der Waals surface area contributed by atoms with Crippen LogP contribution in [0.4, 0.5) is 4.39 Å². The van der Waals surface area contributed by atoms with E-state index in [1.165, 1.54) is 41.0 Å². The van der Waals surface area contributed by atoms with E-state index < -0.39 is 21.7 Å². The van der Waals surface area contributed by atoms with Crippen molar-refractivity contribution in [2.75, 3.05) is 19.6 Å². The molecule has 0 aliphatic carbocycles. The Hall–Kier alpha value is -2.32. The van der Waals surface area contributed by atoms with Crippen LogP contribution in [-0.4, -0.2) is 43.2 Å². The summed E-state index contributed by atoms with van der Waals surface area (Å²) in [6, 6.07) is 8.95. The van der Waals surface area contributed by atoms with Crippen LogP contribution in [0.1, 0.15) is 23.2 Å². The molecule has 0 atom stereocenters. The first-order chi connectivity index (χ1) is 12.5. The van der Waals surface area contributed by atoms with Crippen LogP contribution in [0.15, 0.2) is 53.7 Å². The third kappa shape index (κ3) is 4.08. The standard InChI is InChI=1S/C18H20FN3O3S/c19-17-6-2-1-5-16(17)18(23)21-12-14-7-10-22(11-8-14)26(24,25)15-4-3-9-20-13-15/h1-6,9,13-14H,7-8,10-12H2,(H,21,23). The van der Waals surface area contributed by atoms with Crippen LogP contribution in [0.2, 0.25) is 0 Å². The number of carbonyl (C=O) groups excluding carboxylic acids is 1. The fourth-order valence-electron chi connectivity index (χ4n) is 2.98. The summed E-state index contributed by atoms with van der Waals surface area (Å²) in [4.78, 5) is 16.1. The van der Waals surface area contributed by atoms with Crippen molar-refractivity contribution in [1.82, 2.24) is 14.6 Å². The topological polar surface area (TPSA) is 79.4 Å². The quantitative estimate of drug-likeness (QED) is 0.865. The van der Waals surface area contributed by atoms with Crippen molar-refractivity contribution in [3.8, 4) is 0 Å². The summed E-state index contributed by atoms with van der Waals surface area (Å²) < 4.78 is 40.2. The lowest BCUT2D eigenvalue weighted by atomic mass is 9.98. The maximum absolute atomic E-state index is 13.6. The number of aromatic nitrogens is 1. The van der Waals surface area contributed by atoms with E-state index in [1.54, 1.807) is 12.1 Å². The molecule has 1 amide bonds. The lowest BCUT2D eigenvalue weighted by molar-refractivity contribution is 0.0937. The molecule has 0 saturated carbocycles. The van der Waals surface area contributed by atoms with Crippen LogP contribution in [-0.2, 0) is 10.0 Å². The number of amides is 1. The number of pyridine rings is 1. The summed E-state index contributed by atoms with van der Waals surface area (Å²) in [5, 5.41) is 2.74. The summed E-state index contributed by atoms with van der Waals surface area (Å²) in [6.45, 7) is 1.17. The van der Waals surface area contributed by atoms with Gasteiger partial charge in [0, 0.05) is 32.0 Å². The average molecular weight is 377 g/mol. The highest BCUT2D eigenvalue weighted by Gasteiger charge is 2.29. The van der Waals surface area contributed by atoms with E-state index >= 15 is 0 Å². The van der Waals surface area contributed by atoms with Crippen molar-refractivity contribution < 1.29 is 17.6 Å². The van der Waals surface area contributed by atoms with Crippen molar-refractivity contribution in [1.29, 1.82) is 0 Å². The summed E-state index contributed by atoms with van der Waals surface area (Å²) in [6.07, 6.45) is 4.15. The van der Waals surface area contributed by atoms with Gasteiger partial charge in [0.25, 0.3) is 5.91 Å². The van der Waals surface area contributed by atoms with E-state index in [1.807, 2.05) is 0 Å². The smallest absolute Gasteiger partial charge is 0.254 e. The zero-order valence-corrected chi connectivity index (χ0v) is 15.0. The predicted molar refractivity (Wildman–Crippen MR) is 94.5 cm³/mol. The van der Waals surface area contributed by atoms with Crippen molar-refractivity contribution in [3.05, 3.63) is 60.2 Å². The second-order valence-corrected chi connectivity index (χ2v) is 8.16. The Morgan fingerprint density at radius 3 is 2.58 bits per heavy atom. The third-order valence-electron chi connectivity index (χ3n) is 4.52. The van der Waals surface area contributed by atoms with E-state index in [0.29, 0.717) is 32.5 Å². The number of rotatable bonds is 5. The molecule has 2 aromatic rings. The van der Waals surface area contributed by atoms with E-state index in [4.69, 9.17) is 0 Å². The van der Waals surface area contributed by atoms with Gasteiger partial charge in [-0.15, -0.1) is 0 Å². The Balaban J connectivity index is 1.53. The van der Waals surface area contributed by atoms with E-state index in [0.717, 1.165) is 0 Å². The molecule has 1 saturated heterocycles. The first-order valence-corrected chi connectivity index (χ1v) is 9.85. The Kier molecular flexibility index (Phi) is 5.63. The van der Waals surface area contributed by atoms with E-state index in [2.05, 4.69) is 10.3 Å². The summed E-state index contributed by atoms with van der Waals surface area (Å²) >= 11 is 0. The van der Waals surface area contributed by atoms with Gasteiger partial charge in [0.1, 0.15) is 10.7 Å². The molecule has 1 aromatic heterocycles. The minimum atomic E-state index is -3.53. The number of halogens is 1. The first kappa shape index (κ1) is 18.5. The van der Waals surface area contributed by atoms with Gasteiger partial charge in [-0.2, -0.15) is 4.31 Å². The maximum atomic E-state index is 13.6. The Labute approximate surface area is 152 Å². The van der Waals surface area contributed by atoms with E-state index in [9.17, 15) is 17.6 Å². The van der Waals surface area contributed by atoms with Gasteiger partial charge in [0.05, 0.1) is 5.56 Å². The number of hydrogen-bond acceptors (Lipinski definition) is 4. The molecule has 1 aromatic carbocycles. The van der Waals surface area contributed by atoms with Crippen LogP contribution in [0.25, 0.3) is 0 Å². The molecule has 138 valence electrons. The number of nitrogens with zero attached hydrogens (tertiary/aromatic N) is 2. The zero-order chi connectivity index (χ0) is 18.6. The molecule has 6 nitrogen and oxygen atoms in total. The summed E-state index contributed by atoms with van der Waals surface area (Å²) in [5.74, 6) is -0.845. The zero-order valence-electron chi connectivity index (χ0n) is 14.1. The maximum Gasteiger partial charge on any atom is 0.254 e. The van der Waals surface area contributed by atoms with Crippen molar-refractivity contribution in [2.45, 2.75) is 17.7 Å². The highest BCUT2D eigenvalue weighted by molar-refractivity contribution is 7.89. The Morgan fingerprint density at radius 2 is 1.92 bits per heavy atom. The van der Waals surface area contributed by atoms with E-state index in [-0.39, 0.29) is 16.4 Å². The molecule has 0 radical (unpaired) electrons. The normalized spacial score (nSPS) is 16.3. The Morgan fingerprint density at radius 1 is 1.19 bits per heavy atom. The molecule has 1 aliphatic heterocycles. The van der Waals surface area contributed by atoms with Crippen LogP contribution < -0.4 is 5.32 Å². The first-order valence-electron chi connectivity index (χ1n) is 8.41. The van der Waals surface area contributed by atoms with Crippen molar-refractivity contribution in [2.24, 2.45) is 5.92 Å². The predicted octanol–water partition coefficient (Wildman–Crippen LogP) is 2.05. The van der Waals surface area contributed by atoms with Gasteiger partial charge < -0.3 is 5.32 Å². The van der Waals surface area contributed by atoms with Gasteiger partial charge in [-0.3, -0.25) is 9.78 Å². The number of carbonyl (C=O) groups is 1. The van der Waals surface area contributed by atoms with Gasteiger partial charge in [0.2, 0.25) is 10.0 Å². The molecule has 0 spiro atoms. The molecule has 1 aliphatic rings. The van der Waals surface area contributed by atoms with Gasteiger partial charge in [-0.25, -0.2) is 12.8 Å². The third-order valence-corrected chi connectivity index (χ3v) is 6.40. The number of nitrogens with one attached hydrogen (secondary N) is 1. The average Bonchev–Trinajstić information content (AvgIpc) is 2.67. The van der Waals surface area contributed by atoms with Crippen LogP contribution in [0.3, 0.4) is 0 Å². The largest absolute Gasteiger partial charge is 0.352 e. The molecule has 1 fully saturated rings. The fourth-order valence-corrected chi connectivity index (χ4v) is 4.41. The van der Waals surface area contributed by atoms with Gasteiger partial charge >= 0.3 is 0 Å². The van der Waals surface area contributed by atoms with Gasteiger partial charge in [-0.1, -0.05) is 12.1 Å². The van der Waals surface area contributed by atoms with Crippen molar-refractivity contribution in [3.63, 3.8) is 0 Å². The number of piperidine rings is 1. The molecule has 8 heteroatoms. The minimum absolute atomic E-state index is 0.0177. The van der Waals surface area contributed by atoms with Crippen LogP contribution in [0.5, 0.6) is 0 Å². The molecule has 3 rings (SSSR count). The molecule has 0 unspecified atom stereocenters. The summed E-state index contributed by atoms with van der Waals surface area (Å²) in [7, 11) is -3.53.